The molecule has 104 valence electrons. The molecule has 0 spiro atoms. The van der Waals surface area contributed by atoms with E-state index in [4.69, 9.17) is 5.11 Å². The zero-order valence-corrected chi connectivity index (χ0v) is 11.7. The number of urea groups is 1. The van der Waals surface area contributed by atoms with E-state index in [1.54, 1.807) is 11.8 Å². The van der Waals surface area contributed by atoms with E-state index in [-0.39, 0.29) is 11.9 Å². The normalized spacial score (nSPS) is 16.8. The number of amides is 2. The van der Waals surface area contributed by atoms with E-state index in [2.05, 4.69) is 10.3 Å². The third-order valence-corrected chi connectivity index (χ3v) is 4.32. The molecule has 7 heteroatoms. The van der Waals surface area contributed by atoms with Gasteiger partial charge in [-0.05, 0) is 6.92 Å². The largest absolute Gasteiger partial charge is 0.481 e. The molecule has 2 heterocycles. The molecule has 1 atom stereocenters. The lowest BCUT2D eigenvalue weighted by Gasteiger charge is -2.40. The Labute approximate surface area is 115 Å². The van der Waals surface area contributed by atoms with Crippen molar-refractivity contribution in [3.63, 3.8) is 0 Å². The Morgan fingerprint density at radius 1 is 1.63 bits per heavy atom. The molecule has 1 aliphatic rings. The maximum atomic E-state index is 11.8. The van der Waals surface area contributed by atoms with Crippen molar-refractivity contribution in [2.45, 2.75) is 20.4 Å². The van der Waals surface area contributed by atoms with Crippen LogP contribution in [0, 0.1) is 18.8 Å². The van der Waals surface area contributed by atoms with Gasteiger partial charge in [-0.25, -0.2) is 9.78 Å². The van der Waals surface area contributed by atoms with Gasteiger partial charge in [-0.3, -0.25) is 4.79 Å². The van der Waals surface area contributed by atoms with E-state index in [1.165, 1.54) is 11.3 Å². The van der Waals surface area contributed by atoms with Gasteiger partial charge in [-0.2, -0.15) is 0 Å². The first-order chi connectivity index (χ1) is 8.97. The summed E-state index contributed by atoms with van der Waals surface area (Å²) in [5, 5.41) is 14.5. The number of aryl methyl sites for hydroxylation is 1. The molecule has 2 N–H and O–H groups in total. The number of likely N-dealkylation sites (tertiary alicyclic amines) is 1. The van der Waals surface area contributed by atoms with Crippen LogP contribution in [0.15, 0.2) is 5.38 Å². The molecule has 1 fully saturated rings. The van der Waals surface area contributed by atoms with Crippen LogP contribution in [0.1, 0.15) is 17.6 Å². The summed E-state index contributed by atoms with van der Waals surface area (Å²) in [4.78, 5) is 28.5. The number of hydrogen-bond acceptors (Lipinski definition) is 4. The predicted molar refractivity (Wildman–Crippen MR) is 70.9 cm³/mol. The van der Waals surface area contributed by atoms with Crippen LogP contribution in [-0.2, 0) is 11.3 Å². The van der Waals surface area contributed by atoms with Gasteiger partial charge < -0.3 is 15.3 Å². The van der Waals surface area contributed by atoms with Crippen LogP contribution in [0.5, 0.6) is 0 Å². The Bertz CT molecular complexity index is 482. The summed E-state index contributed by atoms with van der Waals surface area (Å²) >= 11 is 1.52. The van der Waals surface area contributed by atoms with Gasteiger partial charge >= 0.3 is 12.0 Å². The van der Waals surface area contributed by atoms with E-state index in [0.29, 0.717) is 19.6 Å². The van der Waals surface area contributed by atoms with Crippen molar-refractivity contribution in [3.8, 4) is 0 Å². The average molecular weight is 283 g/mol. The molecule has 1 aliphatic heterocycles. The molecule has 2 rings (SSSR count). The highest BCUT2D eigenvalue weighted by Gasteiger charge is 2.37. The average Bonchev–Trinajstić information content (AvgIpc) is 2.70. The van der Waals surface area contributed by atoms with Crippen molar-refractivity contribution in [2.24, 2.45) is 11.8 Å². The lowest BCUT2D eigenvalue weighted by atomic mass is 9.87. The van der Waals surface area contributed by atoms with Crippen LogP contribution >= 0.6 is 11.3 Å². The van der Waals surface area contributed by atoms with Crippen molar-refractivity contribution in [2.75, 3.05) is 13.1 Å². The van der Waals surface area contributed by atoms with Gasteiger partial charge in [0.15, 0.2) is 0 Å². The Hall–Kier alpha value is -1.63. The molecule has 0 radical (unpaired) electrons. The second-order valence-corrected chi connectivity index (χ2v) is 5.78. The van der Waals surface area contributed by atoms with Crippen LogP contribution in [-0.4, -0.2) is 40.1 Å². The van der Waals surface area contributed by atoms with E-state index in [0.717, 1.165) is 10.7 Å². The first-order valence-corrected chi connectivity index (χ1v) is 7.02. The highest BCUT2D eigenvalue weighted by atomic mass is 32.1. The molecule has 19 heavy (non-hydrogen) atoms. The molecular weight excluding hydrogens is 266 g/mol. The third-order valence-electron chi connectivity index (χ3n) is 3.35. The quantitative estimate of drug-likeness (QED) is 0.873. The molecule has 0 aromatic carbocycles. The second kappa shape index (κ2) is 5.56. The molecule has 0 saturated carbocycles. The number of carbonyl (C=O) groups excluding carboxylic acids is 1. The number of carboxylic acid groups (broad SMARTS) is 1. The minimum absolute atomic E-state index is 0.0605. The maximum absolute atomic E-state index is 11.8. The highest BCUT2D eigenvalue weighted by Crippen LogP contribution is 2.23. The van der Waals surface area contributed by atoms with Crippen molar-refractivity contribution >= 4 is 23.3 Å². The smallest absolute Gasteiger partial charge is 0.317 e. The lowest BCUT2D eigenvalue weighted by molar-refractivity contribution is -0.144. The summed E-state index contributed by atoms with van der Waals surface area (Å²) in [6, 6.07) is -0.151. The number of thiazole rings is 1. The van der Waals surface area contributed by atoms with E-state index in [9.17, 15) is 9.59 Å². The lowest BCUT2D eigenvalue weighted by Crippen LogP contribution is -2.56. The number of rotatable bonds is 4. The van der Waals surface area contributed by atoms with Gasteiger partial charge in [0.05, 0.1) is 12.5 Å². The maximum Gasteiger partial charge on any atom is 0.317 e. The number of carboxylic acids is 1. The van der Waals surface area contributed by atoms with Gasteiger partial charge in [-0.1, -0.05) is 6.92 Å². The number of carbonyl (C=O) groups is 2. The number of hydrogen-bond donors (Lipinski definition) is 2. The number of nitrogens with one attached hydrogen (secondary N) is 1. The molecule has 1 aromatic heterocycles. The van der Waals surface area contributed by atoms with Crippen LogP contribution in [0.4, 0.5) is 4.79 Å². The van der Waals surface area contributed by atoms with Gasteiger partial charge in [0.1, 0.15) is 5.01 Å². The van der Waals surface area contributed by atoms with Crippen molar-refractivity contribution in [3.05, 3.63) is 16.1 Å². The van der Waals surface area contributed by atoms with Crippen LogP contribution < -0.4 is 5.32 Å². The van der Waals surface area contributed by atoms with Gasteiger partial charge in [0.2, 0.25) is 0 Å². The standard InChI is InChI=1S/C12H17N3O3S/c1-7-6-19-10(14-7)3-13-12(18)15-4-9(5-15)8(2)11(16)17/h6,8-9H,3-5H2,1-2H3,(H,13,18)(H,16,17). The molecule has 0 bridgehead atoms. The number of aliphatic carboxylic acids is 1. The summed E-state index contributed by atoms with van der Waals surface area (Å²) in [6.45, 7) is 5.04. The topological polar surface area (TPSA) is 82.5 Å². The molecule has 6 nitrogen and oxygen atoms in total. The second-order valence-electron chi connectivity index (χ2n) is 4.83. The van der Waals surface area contributed by atoms with Crippen LogP contribution in [0.2, 0.25) is 0 Å². The Morgan fingerprint density at radius 2 is 2.32 bits per heavy atom. The monoisotopic (exact) mass is 283 g/mol. The van der Waals surface area contributed by atoms with Crippen LogP contribution in [0.3, 0.4) is 0 Å². The Balaban J connectivity index is 1.73. The fraction of sp³-hybridized carbons (Fsp3) is 0.583. The van der Waals surface area contributed by atoms with E-state index < -0.39 is 11.9 Å². The number of nitrogens with zero attached hydrogens (tertiary/aromatic N) is 2. The minimum Gasteiger partial charge on any atom is -0.481 e. The summed E-state index contributed by atoms with van der Waals surface area (Å²) in [5.41, 5.74) is 0.952. The van der Waals surface area contributed by atoms with E-state index in [1.807, 2.05) is 12.3 Å². The SMILES string of the molecule is Cc1csc(CNC(=O)N2CC(C(C)C(=O)O)C2)n1. The highest BCUT2D eigenvalue weighted by molar-refractivity contribution is 7.09. The summed E-state index contributed by atoms with van der Waals surface area (Å²) < 4.78 is 0. The Kier molecular flexibility index (Phi) is 4.04. The molecule has 0 aliphatic carbocycles. The number of aromatic nitrogens is 1. The van der Waals surface area contributed by atoms with E-state index >= 15 is 0 Å². The van der Waals surface area contributed by atoms with Crippen molar-refractivity contribution in [1.29, 1.82) is 0 Å². The fourth-order valence-electron chi connectivity index (χ4n) is 1.94. The molecule has 1 aromatic rings. The minimum atomic E-state index is -0.802. The summed E-state index contributed by atoms with van der Waals surface area (Å²) in [5.74, 6) is -1.14. The third kappa shape index (κ3) is 3.23. The van der Waals surface area contributed by atoms with Gasteiger partial charge in [0.25, 0.3) is 0 Å². The first-order valence-electron chi connectivity index (χ1n) is 6.14. The Morgan fingerprint density at radius 3 is 2.84 bits per heavy atom. The van der Waals surface area contributed by atoms with Gasteiger partial charge in [0, 0.05) is 30.1 Å². The zero-order valence-electron chi connectivity index (χ0n) is 10.9. The summed E-state index contributed by atoms with van der Waals surface area (Å²) in [6.07, 6.45) is 0. The van der Waals surface area contributed by atoms with Crippen LogP contribution in [0.25, 0.3) is 0 Å². The zero-order chi connectivity index (χ0) is 14.0. The first kappa shape index (κ1) is 13.8. The van der Waals surface area contributed by atoms with Crippen molar-refractivity contribution < 1.29 is 14.7 Å². The molecule has 2 amide bonds. The molecule has 1 unspecified atom stereocenters. The molecular formula is C12H17N3O3S. The predicted octanol–water partition coefficient (Wildman–Crippen LogP) is 1.31. The van der Waals surface area contributed by atoms with Gasteiger partial charge in [-0.15, -0.1) is 11.3 Å². The van der Waals surface area contributed by atoms with Crippen molar-refractivity contribution in [1.82, 2.24) is 15.2 Å². The molecule has 1 saturated heterocycles. The summed E-state index contributed by atoms with van der Waals surface area (Å²) in [7, 11) is 0. The fourth-order valence-corrected chi connectivity index (χ4v) is 2.65.